The van der Waals surface area contributed by atoms with E-state index < -0.39 is 45.8 Å². The molecule has 0 aliphatic carbocycles. The normalized spacial score (nSPS) is 18.6. The number of sulfone groups is 1. The molecular formula is C14H16FN3O5S. The molecule has 0 unspecified atom stereocenters. The van der Waals surface area contributed by atoms with Crippen molar-refractivity contribution in [1.29, 1.82) is 0 Å². The first-order chi connectivity index (χ1) is 11.3. The molecule has 8 nitrogen and oxygen atoms in total. The average Bonchev–Trinajstić information content (AvgIpc) is 2.91. The van der Waals surface area contributed by atoms with Crippen LogP contribution in [0.25, 0.3) is 0 Å². The maximum Gasteiger partial charge on any atom is 0.257 e. The molecule has 1 aromatic carbocycles. The van der Waals surface area contributed by atoms with Gasteiger partial charge in [-0.25, -0.2) is 12.8 Å². The van der Waals surface area contributed by atoms with Crippen molar-refractivity contribution in [3.05, 3.63) is 35.6 Å². The highest BCUT2D eigenvalue weighted by atomic mass is 32.2. The molecule has 0 bridgehead atoms. The fraction of sp³-hybridized carbons (Fsp3) is 0.357. The molecular weight excluding hydrogens is 341 g/mol. The van der Waals surface area contributed by atoms with Gasteiger partial charge in [0.1, 0.15) is 5.82 Å². The first kappa shape index (κ1) is 17.9. The summed E-state index contributed by atoms with van der Waals surface area (Å²) >= 11 is 0. The van der Waals surface area contributed by atoms with Crippen LogP contribution in [0.2, 0.25) is 0 Å². The monoisotopic (exact) mass is 357 g/mol. The van der Waals surface area contributed by atoms with Gasteiger partial charge in [0.2, 0.25) is 5.91 Å². The lowest BCUT2D eigenvalue weighted by Gasteiger charge is -2.11. The summed E-state index contributed by atoms with van der Waals surface area (Å²) in [5.74, 6) is -3.83. The predicted molar refractivity (Wildman–Crippen MR) is 81.8 cm³/mol. The highest BCUT2D eigenvalue weighted by molar-refractivity contribution is 7.91. The second kappa shape index (κ2) is 7.39. The van der Waals surface area contributed by atoms with E-state index in [2.05, 4.69) is 16.2 Å². The minimum Gasteiger partial charge on any atom is -0.343 e. The summed E-state index contributed by atoms with van der Waals surface area (Å²) in [7, 11) is -3.20. The van der Waals surface area contributed by atoms with Crippen molar-refractivity contribution in [3.8, 4) is 0 Å². The van der Waals surface area contributed by atoms with Crippen LogP contribution in [0.4, 0.5) is 4.39 Å². The lowest BCUT2D eigenvalue weighted by atomic mass is 10.1. The smallest absolute Gasteiger partial charge is 0.257 e. The topological polar surface area (TPSA) is 121 Å². The van der Waals surface area contributed by atoms with E-state index in [-0.39, 0.29) is 23.5 Å². The third-order valence-corrected chi connectivity index (χ3v) is 5.22. The van der Waals surface area contributed by atoms with Crippen LogP contribution in [-0.2, 0) is 19.4 Å². The summed E-state index contributed by atoms with van der Waals surface area (Å²) in [6.45, 7) is -0.476. The number of carbonyl (C=O) groups excluding carboxylic acids is 3. The van der Waals surface area contributed by atoms with Crippen LogP contribution in [0, 0.1) is 11.7 Å². The molecule has 1 atom stereocenters. The molecule has 1 aliphatic rings. The fourth-order valence-corrected chi connectivity index (χ4v) is 3.92. The summed E-state index contributed by atoms with van der Waals surface area (Å²) in [6, 6.07) is 5.29. The molecule has 24 heavy (non-hydrogen) atoms. The minimum absolute atomic E-state index is 0.0578. The van der Waals surface area contributed by atoms with Gasteiger partial charge in [-0.3, -0.25) is 25.2 Å². The van der Waals surface area contributed by atoms with E-state index in [0.29, 0.717) is 0 Å². The van der Waals surface area contributed by atoms with Gasteiger partial charge in [0, 0.05) is 0 Å². The molecule has 0 aromatic heterocycles. The van der Waals surface area contributed by atoms with Gasteiger partial charge in [-0.05, 0) is 18.6 Å². The molecule has 130 valence electrons. The highest BCUT2D eigenvalue weighted by Crippen LogP contribution is 2.17. The van der Waals surface area contributed by atoms with Crippen LogP contribution >= 0.6 is 0 Å². The van der Waals surface area contributed by atoms with Gasteiger partial charge in [0.25, 0.3) is 11.8 Å². The zero-order valence-electron chi connectivity index (χ0n) is 12.5. The van der Waals surface area contributed by atoms with Crippen molar-refractivity contribution in [3.63, 3.8) is 0 Å². The quantitative estimate of drug-likeness (QED) is 0.605. The van der Waals surface area contributed by atoms with Crippen LogP contribution in [0.15, 0.2) is 24.3 Å². The van der Waals surface area contributed by atoms with Crippen LogP contribution in [0.1, 0.15) is 16.8 Å². The Morgan fingerprint density at radius 2 is 1.88 bits per heavy atom. The number of amides is 3. The SMILES string of the molecule is O=C(CNC(=O)c1ccccc1F)NNC(=O)[C@H]1CCS(=O)(=O)C1. The molecule has 0 spiro atoms. The number of nitrogens with one attached hydrogen (secondary N) is 3. The van der Waals surface area contributed by atoms with Crippen LogP contribution < -0.4 is 16.2 Å². The average molecular weight is 357 g/mol. The Morgan fingerprint density at radius 1 is 1.17 bits per heavy atom. The highest BCUT2D eigenvalue weighted by Gasteiger charge is 2.33. The van der Waals surface area contributed by atoms with E-state index in [0.717, 1.165) is 6.07 Å². The predicted octanol–water partition coefficient (Wildman–Crippen LogP) is -0.862. The van der Waals surface area contributed by atoms with Crippen LogP contribution in [0.5, 0.6) is 0 Å². The van der Waals surface area contributed by atoms with Crippen molar-refractivity contribution in [1.82, 2.24) is 16.2 Å². The Morgan fingerprint density at radius 3 is 2.50 bits per heavy atom. The standard InChI is InChI=1S/C14H16FN3O5S/c15-11-4-2-1-3-10(11)14(21)16-7-12(19)17-18-13(20)9-5-6-24(22,23)8-9/h1-4,9H,5-8H2,(H,16,21)(H,17,19)(H,18,20)/t9-/m0/s1. The van der Waals surface area contributed by atoms with Crippen molar-refractivity contribution in [2.45, 2.75) is 6.42 Å². The first-order valence-corrected chi connectivity index (χ1v) is 8.92. The van der Waals surface area contributed by atoms with Crippen LogP contribution in [0.3, 0.4) is 0 Å². The van der Waals surface area contributed by atoms with Gasteiger partial charge < -0.3 is 5.32 Å². The summed E-state index contributed by atoms with van der Waals surface area (Å²) in [6.07, 6.45) is 0.202. The molecule has 1 fully saturated rings. The van der Waals surface area contributed by atoms with Gasteiger partial charge in [-0.15, -0.1) is 0 Å². The molecule has 3 amide bonds. The minimum atomic E-state index is -3.20. The zero-order chi connectivity index (χ0) is 17.7. The molecule has 1 aromatic rings. The Kier molecular flexibility index (Phi) is 5.50. The van der Waals surface area contributed by atoms with Gasteiger partial charge in [0.15, 0.2) is 9.84 Å². The second-order valence-corrected chi connectivity index (χ2v) is 7.53. The zero-order valence-corrected chi connectivity index (χ0v) is 13.4. The molecule has 10 heteroatoms. The molecule has 0 saturated carbocycles. The number of hydrazine groups is 1. The summed E-state index contributed by atoms with van der Waals surface area (Å²) < 4.78 is 35.9. The Bertz CT molecular complexity index is 765. The van der Waals surface area contributed by atoms with Crippen molar-refractivity contribution < 1.29 is 27.2 Å². The number of hydrogen-bond acceptors (Lipinski definition) is 5. The second-order valence-electron chi connectivity index (χ2n) is 5.30. The largest absolute Gasteiger partial charge is 0.343 e. The van der Waals surface area contributed by atoms with Crippen LogP contribution in [-0.4, -0.2) is 44.2 Å². The molecule has 2 rings (SSSR count). The van der Waals surface area contributed by atoms with E-state index in [1.807, 2.05) is 0 Å². The van der Waals surface area contributed by atoms with Gasteiger partial charge in [-0.1, -0.05) is 12.1 Å². The Labute approximate surface area is 137 Å². The number of rotatable bonds is 4. The van der Waals surface area contributed by atoms with Crippen molar-refractivity contribution in [2.24, 2.45) is 5.92 Å². The van der Waals surface area contributed by atoms with E-state index in [4.69, 9.17) is 0 Å². The summed E-state index contributed by atoms with van der Waals surface area (Å²) in [5.41, 5.74) is 3.97. The maximum absolute atomic E-state index is 13.4. The number of carbonyl (C=O) groups is 3. The maximum atomic E-state index is 13.4. The Hall–Kier alpha value is -2.49. The lowest BCUT2D eigenvalue weighted by molar-refractivity contribution is -0.130. The molecule has 1 aliphatic heterocycles. The van der Waals surface area contributed by atoms with E-state index in [1.54, 1.807) is 0 Å². The molecule has 1 heterocycles. The summed E-state index contributed by atoms with van der Waals surface area (Å²) in [5, 5.41) is 2.21. The third-order valence-electron chi connectivity index (χ3n) is 3.46. The van der Waals surface area contributed by atoms with E-state index in [9.17, 15) is 27.2 Å². The fourth-order valence-electron chi connectivity index (χ4n) is 2.18. The number of benzene rings is 1. The third kappa shape index (κ3) is 4.75. The molecule has 1 saturated heterocycles. The molecule has 0 radical (unpaired) electrons. The number of halogens is 1. The first-order valence-electron chi connectivity index (χ1n) is 7.10. The van der Waals surface area contributed by atoms with E-state index in [1.165, 1.54) is 18.2 Å². The lowest BCUT2D eigenvalue weighted by Crippen LogP contribution is -2.48. The van der Waals surface area contributed by atoms with Gasteiger partial charge in [-0.2, -0.15) is 0 Å². The molecule has 3 N–H and O–H groups in total. The number of hydrogen-bond donors (Lipinski definition) is 3. The summed E-state index contributed by atoms with van der Waals surface area (Å²) in [4.78, 5) is 35.0. The van der Waals surface area contributed by atoms with Crippen molar-refractivity contribution in [2.75, 3.05) is 18.1 Å². The van der Waals surface area contributed by atoms with Gasteiger partial charge in [0.05, 0.1) is 29.5 Å². The van der Waals surface area contributed by atoms with Crippen molar-refractivity contribution >= 4 is 27.6 Å². The van der Waals surface area contributed by atoms with E-state index >= 15 is 0 Å². The van der Waals surface area contributed by atoms with Gasteiger partial charge >= 0.3 is 0 Å². The Balaban J connectivity index is 1.75.